The number of rotatable bonds is 26. The Morgan fingerprint density at radius 3 is 1.85 bits per heavy atom. The minimum absolute atomic E-state index is 0.0127. The van der Waals surface area contributed by atoms with E-state index in [9.17, 15) is 28.8 Å². The van der Waals surface area contributed by atoms with E-state index < -0.39 is 59.8 Å². The highest BCUT2D eigenvalue weighted by Crippen LogP contribution is 2.24. The summed E-state index contributed by atoms with van der Waals surface area (Å²) in [5.74, 6) is -4.41. The van der Waals surface area contributed by atoms with Gasteiger partial charge in [0.25, 0.3) is 0 Å². The number of H-pyrrole nitrogens is 1. The summed E-state index contributed by atoms with van der Waals surface area (Å²) < 4.78 is 0. The van der Waals surface area contributed by atoms with Gasteiger partial charge >= 0.3 is 0 Å². The van der Waals surface area contributed by atoms with Crippen molar-refractivity contribution >= 4 is 41.3 Å². The molecule has 0 aliphatic rings. The van der Waals surface area contributed by atoms with Crippen LogP contribution in [-0.4, -0.2) is 94.5 Å². The zero-order valence-corrected chi connectivity index (χ0v) is 36.8. The van der Waals surface area contributed by atoms with Gasteiger partial charge in [-0.15, -0.1) is 0 Å². The van der Waals surface area contributed by atoms with Crippen LogP contribution in [-0.2, 0) is 41.6 Å². The molecule has 6 atom stereocenters. The molecule has 1 aromatic heterocycles. The number of amides is 5. The highest BCUT2D eigenvalue weighted by molar-refractivity contribution is 5.97. The van der Waals surface area contributed by atoms with Gasteiger partial charge in [0.2, 0.25) is 29.5 Å². The summed E-state index contributed by atoms with van der Waals surface area (Å²) in [4.78, 5) is 89.8. The number of aromatic amines is 1. The van der Waals surface area contributed by atoms with Crippen molar-refractivity contribution in [3.8, 4) is 0 Å². The third kappa shape index (κ3) is 18.7. The molecule has 12 N–H and O–H groups in total. The van der Waals surface area contributed by atoms with Gasteiger partial charge in [0, 0.05) is 31.0 Å². The first-order chi connectivity index (χ1) is 28.2. The highest BCUT2D eigenvalue weighted by atomic mass is 16.2. The number of imidazole rings is 1. The van der Waals surface area contributed by atoms with Crippen LogP contribution in [0.25, 0.3) is 0 Å². The first-order valence-electron chi connectivity index (χ1n) is 21.1. The molecular formula is C43H71N11O6. The molecule has 2 aromatic rings. The van der Waals surface area contributed by atoms with E-state index in [0.29, 0.717) is 44.3 Å². The third-order valence-electron chi connectivity index (χ3n) is 9.92. The molecule has 0 aliphatic carbocycles. The van der Waals surface area contributed by atoms with E-state index >= 15 is 0 Å². The SMILES string of the molecule is CC(C)C(=O)[C@H](Cc1ccccc1)NC(=O)[C@H](Cc1c[nH]cn1)NC(=O)C(NC(=O)[C@H](CCCNC(=N)N)NC(=O)[C@H](CCCCN)NC(=O)C(C)CC(C)(C)C)C(C)C. The molecule has 0 saturated carbocycles. The molecule has 60 heavy (non-hydrogen) atoms. The number of nitrogens with zero attached hydrogens (tertiary/aromatic N) is 1. The number of nitrogens with one attached hydrogen (secondary N) is 8. The van der Waals surface area contributed by atoms with Gasteiger partial charge in [-0.25, -0.2) is 4.98 Å². The molecule has 0 spiro atoms. The quantitative estimate of drug-likeness (QED) is 0.0374. The number of hydrogen-bond donors (Lipinski definition) is 10. The number of Topliss-reactive ketones (excluding diaryl/α,β-unsaturated/α-hetero) is 1. The van der Waals surface area contributed by atoms with E-state index in [0.717, 1.165) is 5.56 Å². The van der Waals surface area contributed by atoms with Crippen LogP contribution in [0.15, 0.2) is 42.9 Å². The highest BCUT2D eigenvalue weighted by Gasteiger charge is 2.35. The fourth-order valence-electron chi connectivity index (χ4n) is 6.78. The predicted octanol–water partition coefficient (Wildman–Crippen LogP) is 1.96. The minimum Gasteiger partial charge on any atom is -0.370 e. The number of carbonyl (C=O) groups excluding carboxylic acids is 6. The van der Waals surface area contributed by atoms with Gasteiger partial charge in [-0.2, -0.15) is 0 Å². The molecule has 2 unspecified atom stereocenters. The second-order valence-corrected chi connectivity index (χ2v) is 17.4. The first kappa shape index (κ1) is 50.8. The van der Waals surface area contributed by atoms with Crippen molar-refractivity contribution in [2.75, 3.05) is 13.1 Å². The average molecular weight is 838 g/mol. The lowest BCUT2D eigenvalue weighted by Gasteiger charge is -2.29. The van der Waals surface area contributed by atoms with E-state index in [-0.39, 0.29) is 60.7 Å². The Hall–Kier alpha value is -5.32. The van der Waals surface area contributed by atoms with Crippen LogP contribution < -0.4 is 43.4 Å². The molecule has 0 radical (unpaired) electrons. The maximum atomic E-state index is 14.1. The van der Waals surface area contributed by atoms with Gasteiger partial charge in [0.1, 0.15) is 24.2 Å². The third-order valence-corrected chi connectivity index (χ3v) is 9.92. The van der Waals surface area contributed by atoms with Crippen LogP contribution >= 0.6 is 0 Å². The normalized spacial score (nSPS) is 14.5. The lowest BCUT2D eigenvalue weighted by atomic mass is 9.85. The van der Waals surface area contributed by atoms with E-state index in [1.807, 2.05) is 58.0 Å². The molecule has 2 rings (SSSR count). The second-order valence-electron chi connectivity index (χ2n) is 17.4. The van der Waals surface area contributed by atoms with Crippen molar-refractivity contribution in [1.82, 2.24) is 41.9 Å². The Morgan fingerprint density at radius 1 is 0.733 bits per heavy atom. The molecular weight excluding hydrogens is 767 g/mol. The van der Waals surface area contributed by atoms with Crippen molar-refractivity contribution in [2.24, 2.45) is 34.6 Å². The van der Waals surface area contributed by atoms with Crippen molar-refractivity contribution in [3.05, 3.63) is 54.1 Å². The van der Waals surface area contributed by atoms with E-state index in [1.165, 1.54) is 6.33 Å². The summed E-state index contributed by atoms with van der Waals surface area (Å²) in [6.07, 6.45) is 5.78. The second kappa shape index (κ2) is 25.3. The summed E-state index contributed by atoms with van der Waals surface area (Å²) in [5, 5.41) is 24.3. The molecule has 1 heterocycles. The maximum absolute atomic E-state index is 14.1. The Labute approximate surface area is 355 Å². The Kier molecular flexibility index (Phi) is 21.5. The number of unbranched alkanes of at least 4 members (excludes halogenated alkanes) is 1. The summed E-state index contributed by atoms with van der Waals surface area (Å²) in [6, 6.07) is 4.00. The molecule has 0 bridgehead atoms. The molecule has 0 saturated heterocycles. The fraction of sp³-hybridized carbons (Fsp3) is 0.628. The first-order valence-corrected chi connectivity index (χ1v) is 21.1. The molecule has 5 amide bonds. The molecule has 17 nitrogen and oxygen atoms in total. The van der Waals surface area contributed by atoms with Crippen LogP contribution in [0, 0.1) is 28.6 Å². The summed E-state index contributed by atoms with van der Waals surface area (Å²) in [7, 11) is 0. The van der Waals surface area contributed by atoms with Crippen LogP contribution in [0.3, 0.4) is 0 Å². The van der Waals surface area contributed by atoms with Gasteiger partial charge in [0.15, 0.2) is 11.7 Å². The predicted molar refractivity (Wildman–Crippen MR) is 232 cm³/mol. The number of carbonyl (C=O) groups is 6. The summed E-state index contributed by atoms with van der Waals surface area (Å²) in [5.41, 5.74) is 12.4. The zero-order valence-electron chi connectivity index (χ0n) is 36.8. The number of benzene rings is 1. The number of ketones is 1. The number of guanidine groups is 1. The smallest absolute Gasteiger partial charge is 0.243 e. The van der Waals surface area contributed by atoms with Crippen molar-refractivity contribution in [1.29, 1.82) is 5.41 Å². The van der Waals surface area contributed by atoms with Gasteiger partial charge < -0.3 is 48.4 Å². The van der Waals surface area contributed by atoms with Crippen molar-refractivity contribution in [2.45, 2.75) is 137 Å². The van der Waals surface area contributed by atoms with Crippen LogP contribution in [0.1, 0.15) is 105 Å². The Morgan fingerprint density at radius 2 is 1.30 bits per heavy atom. The molecule has 17 heteroatoms. The number of hydrogen-bond acceptors (Lipinski definition) is 9. The van der Waals surface area contributed by atoms with E-state index in [1.54, 1.807) is 33.9 Å². The zero-order chi connectivity index (χ0) is 45.0. The van der Waals surface area contributed by atoms with Crippen LogP contribution in [0.4, 0.5) is 0 Å². The molecule has 1 aromatic carbocycles. The topological polar surface area (TPSA) is 279 Å². The monoisotopic (exact) mass is 838 g/mol. The number of nitrogens with two attached hydrogens (primary N) is 2. The Balaban J connectivity index is 2.36. The lowest BCUT2D eigenvalue weighted by molar-refractivity contribution is -0.136. The lowest BCUT2D eigenvalue weighted by Crippen LogP contribution is -2.60. The summed E-state index contributed by atoms with van der Waals surface area (Å²) in [6.45, 7) is 15.5. The van der Waals surface area contributed by atoms with Crippen LogP contribution in [0.5, 0.6) is 0 Å². The Bertz CT molecular complexity index is 1680. The molecule has 0 aliphatic heterocycles. The standard InChI is InChI=1S/C43H71N11O6/c1-26(2)35(41(60)53-34(22-30-24-47-25-49-30)40(59)52-33(36(55)27(3)4)21-29-15-10-9-11-16-29)54-39(58)32(18-14-20-48-42(45)46)51-38(57)31(17-12-13-19-44)50-37(56)28(5)23-43(6,7)8/h9-11,15-16,24-28,31-35H,12-14,17-23,44H2,1-8H3,(H,47,49)(H,50,56)(H,51,57)(H,52,59)(H,53,60)(H,54,58)(H4,45,46,48)/t28?,31-,32-,33-,34-,35?/m0/s1. The number of aromatic nitrogens is 2. The van der Waals surface area contributed by atoms with Gasteiger partial charge in [-0.05, 0) is 68.4 Å². The van der Waals surface area contributed by atoms with Crippen LogP contribution in [0.2, 0.25) is 0 Å². The summed E-state index contributed by atoms with van der Waals surface area (Å²) >= 11 is 0. The molecule has 334 valence electrons. The molecule has 0 fully saturated rings. The fourth-order valence-corrected chi connectivity index (χ4v) is 6.78. The minimum atomic E-state index is -1.18. The largest absolute Gasteiger partial charge is 0.370 e. The van der Waals surface area contributed by atoms with Crippen molar-refractivity contribution < 1.29 is 28.8 Å². The van der Waals surface area contributed by atoms with Gasteiger partial charge in [0.05, 0.1) is 18.1 Å². The average Bonchev–Trinajstić information content (AvgIpc) is 3.69. The van der Waals surface area contributed by atoms with E-state index in [4.69, 9.17) is 16.9 Å². The van der Waals surface area contributed by atoms with E-state index in [2.05, 4.69) is 41.9 Å². The van der Waals surface area contributed by atoms with Gasteiger partial charge in [-0.1, -0.05) is 85.7 Å². The van der Waals surface area contributed by atoms with Gasteiger partial charge in [-0.3, -0.25) is 34.2 Å². The van der Waals surface area contributed by atoms with Crippen molar-refractivity contribution in [3.63, 3.8) is 0 Å². The maximum Gasteiger partial charge on any atom is 0.243 e.